The van der Waals surface area contributed by atoms with Crippen LogP contribution in [0.5, 0.6) is 5.75 Å². The fourth-order valence-corrected chi connectivity index (χ4v) is 3.80. The topological polar surface area (TPSA) is 75.4 Å². The van der Waals surface area contributed by atoms with E-state index in [2.05, 4.69) is 22.9 Å². The monoisotopic (exact) mass is 462 g/mol. The number of hydrogen-bond acceptors (Lipinski definition) is 5. The molecule has 0 fully saturated rings. The molecule has 0 saturated heterocycles. The van der Waals surface area contributed by atoms with Crippen LogP contribution in [0.4, 0.5) is 10.3 Å². The molecule has 3 aromatic carbocycles. The van der Waals surface area contributed by atoms with E-state index >= 15 is 0 Å². The van der Waals surface area contributed by atoms with Gasteiger partial charge in [0.05, 0.1) is 5.92 Å². The molecule has 2 N–H and O–H groups in total. The standard InChI is InChI=1S/C26H23FN2O3S/c1-2-6-21(20-14-11-18(27)15-22(20)30)24(31)29-26-23(16-7-4-3-5-8-16)28-25(32-26)17-9-12-19(33)13-10-17/h3-5,7-15,21,30,33H,2,6H2,1H3,(H,29,31). The zero-order chi connectivity index (χ0) is 23.4. The molecular formula is C26H23FN2O3S. The number of carbonyl (C=O) groups excluding carboxylic acids is 1. The molecule has 1 aromatic heterocycles. The van der Waals surface area contributed by atoms with Crippen LogP contribution in [0, 0.1) is 5.82 Å². The molecule has 0 aliphatic carbocycles. The molecule has 33 heavy (non-hydrogen) atoms. The molecule has 0 aliphatic heterocycles. The first-order valence-electron chi connectivity index (χ1n) is 10.6. The molecule has 0 aliphatic rings. The van der Waals surface area contributed by atoms with Gasteiger partial charge in [-0.3, -0.25) is 10.1 Å². The van der Waals surface area contributed by atoms with Crippen molar-refractivity contribution in [1.82, 2.24) is 4.98 Å². The van der Waals surface area contributed by atoms with E-state index in [1.54, 1.807) is 0 Å². The largest absolute Gasteiger partial charge is 0.508 e. The van der Waals surface area contributed by atoms with Crippen molar-refractivity contribution in [1.29, 1.82) is 0 Å². The van der Waals surface area contributed by atoms with Crippen LogP contribution in [0.15, 0.2) is 82.1 Å². The molecular weight excluding hydrogens is 439 g/mol. The van der Waals surface area contributed by atoms with Crippen molar-refractivity contribution in [3.05, 3.63) is 84.2 Å². The van der Waals surface area contributed by atoms with Gasteiger partial charge in [0.2, 0.25) is 17.7 Å². The van der Waals surface area contributed by atoms with Gasteiger partial charge in [-0.25, -0.2) is 9.37 Å². The number of phenols is 1. The van der Waals surface area contributed by atoms with E-state index in [-0.39, 0.29) is 17.5 Å². The number of benzene rings is 3. The average Bonchev–Trinajstić information content (AvgIpc) is 3.22. The predicted octanol–water partition coefficient (Wildman–Crippen LogP) is 6.66. The SMILES string of the molecule is CCCC(C(=O)Nc1oc(-c2ccc(S)cc2)nc1-c1ccccc1)c1ccc(F)cc1O. The first-order chi connectivity index (χ1) is 16.0. The van der Waals surface area contributed by atoms with Crippen LogP contribution in [0.3, 0.4) is 0 Å². The molecule has 1 atom stereocenters. The van der Waals surface area contributed by atoms with Crippen LogP contribution in [0.25, 0.3) is 22.7 Å². The van der Waals surface area contributed by atoms with Crippen molar-refractivity contribution in [2.75, 3.05) is 5.32 Å². The van der Waals surface area contributed by atoms with Crippen molar-refractivity contribution in [2.45, 2.75) is 30.6 Å². The Morgan fingerprint density at radius 2 is 1.82 bits per heavy atom. The molecule has 4 rings (SSSR count). The number of rotatable bonds is 7. The van der Waals surface area contributed by atoms with Crippen molar-refractivity contribution >= 4 is 24.4 Å². The van der Waals surface area contributed by atoms with Gasteiger partial charge < -0.3 is 9.52 Å². The molecule has 0 radical (unpaired) electrons. The minimum atomic E-state index is -0.684. The van der Waals surface area contributed by atoms with Crippen molar-refractivity contribution in [3.63, 3.8) is 0 Å². The molecule has 0 spiro atoms. The van der Waals surface area contributed by atoms with Gasteiger partial charge in [0.25, 0.3) is 0 Å². The molecule has 0 bridgehead atoms. The van der Waals surface area contributed by atoms with Crippen molar-refractivity contribution < 1.29 is 18.7 Å². The molecule has 168 valence electrons. The summed E-state index contributed by atoms with van der Waals surface area (Å²) in [6.45, 7) is 1.94. The molecule has 0 saturated carbocycles. The lowest BCUT2D eigenvalue weighted by molar-refractivity contribution is -0.117. The van der Waals surface area contributed by atoms with Gasteiger partial charge in [0, 0.05) is 27.7 Å². The van der Waals surface area contributed by atoms with Gasteiger partial charge >= 0.3 is 0 Å². The maximum atomic E-state index is 13.5. The summed E-state index contributed by atoms with van der Waals surface area (Å²) in [4.78, 5) is 18.7. The van der Waals surface area contributed by atoms with E-state index in [0.29, 0.717) is 30.0 Å². The van der Waals surface area contributed by atoms with Gasteiger partial charge in [-0.1, -0.05) is 49.7 Å². The lowest BCUT2D eigenvalue weighted by Gasteiger charge is -2.17. The number of nitrogens with zero attached hydrogens (tertiary/aromatic N) is 1. The Balaban J connectivity index is 1.72. The van der Waals surface area contributed by atoms with Crippen LogP contribution in [0.2, 0.25) is 0 Å². The highest BCUT2D eigenvalue weighted by Gasteiger charge is 2.26. The van der Waals surface area contributed by atoms with Gasteiger partial charge in [-0.05, 0) is 36.8 Å². The first kappa shape index (κ1) is 22.6. The number of aromatic hydroxyl groups is 1. The Morgan fingerprint density at radius 1 is 1.09 bits per heavy atom. The highest BCUT2D eigenvalue weighted by molar-refractivity contribution is 7.80. The predicted molar refractivity (Wildman–Crippen MR) is 129 cm³/mol. The zero-order valence-electron chi connectivity index (χ0n) is 18.0. The molecule has 1 heterocycles. The minimum Gasteiger partial charge on any atom is -0.508 e. The second kappa shape index (κ2) is 9.92. The Labute approximate surface area is 196 Å². The number of thiol groups is 1. The highest BCUT2D eigenvalue weighted by atomic mass is 32.1. The Kier molecular flexibility index (Phi) is 6.79. The Morgan fingerprint density at radius 3 is 2.48 bits per heavy atom. The quantitative estimate of drug-likeness (QED) is 0.268. The second-order valence-electron chi connectivity index (χ2n) is 7.64. The van der Waals surface area contributed by atoms with E-state index in [4.69, 9.17) is 4.42 Å². The Hall–Kier alpha value is -3.58. The summed E-state index contributed by atoms with van der Waals surface area (Å²) in [5.74, 6) is -1.31. The van der Waals surface area contributed by atoms with Gasteiger partial charge in [0.15, 0.2) is 0 Å². The summed E-state index contributed by atoms with van der Waals surface area (Å²) in [6.07, 6.45) is 1.16. The summed E-state index contributed by atoms with van der Waals surface area (Å²) < 4.78 is 19.5. The Bertz CT molecular complexity index is 1260. The van der Waals surface area contributed by atoms with E-state index in [1.165, 1.54) is 12.1 Å². The van der Waals surface area contributed by atoms with E-state index in [9.17, 15) is 14.3 Å². The number of halogens is 1. The van der Waals surface area contributed by atoms with Gasteiger partial charge in [-0.2, -0.15) is 0 Å². The summed E-state index contributed by atoms with van der Waals surface area (Å²) in [5.41, 5.74) is 2.38. The fraction of sp³-hybridized carbons (Fsp3) is 0.154. The lowest BCUT2D eigenvalue weighted by Crippen LogP contribution is -2.21. The number of aromatic nitrogens is 1. The lowest BCUT2D eigenvalue weighted by atomic mass is 9.92. The number of hydrogen-bond donors (Lipinski definition) is 3. The molecule has 1 unspecified atom stereocenters. The third kappa shape index (κ3) is 5.09. The average molecular weight is 463 g/mol. The summed E-state index contributed by atoms with van der Waals surface area (Å²) in [5, 5.41) is 13.1. The number of nitrogens with one attached hydrogen (secondary N) is 1. The van der Waals surface area contributed by atoms with Crippen molar-refractivity contribution in [3.8, 4) is 28.5 Å². The smallest absolute Gasteiger partial charge is 0.234 e. The molecule has 1 amide bonds. The minimum absolute atomic E-state index is 0.207. The van der Waals surface area contributed by atoms with Gasteiger partial charge in [-0.15, -0.1) is 12.6 Å². The van der Waals surface area contributed by atoms with Gasteiger partial charge in [0.1, 0.15) is 17.3 Å². The molecule has 7 heteroatoms. The van der Waals surface area contributed by atoms with Crippen LogP contribution in [-0.2, 0) is 4.79 Å². The maximum absolute atomic E-state index is 13.5. The number of carbonyl (C=O) groups is 1. The van der Waals surface area contributed by atoms with E-state index < -0.39 is 11.7 Å². The zero-order valence-corrected chi connectivity index (χ0v) is 18.9. The molecule has 4 aromatic rings. The number of phenolic OH excluding ortho intramolecular Hbond substituents is 1. The van der Waals surface area contributed by atoms with Crippen LogP contribution < -0.4 is 5.32 Å². The van der Waals surface area contributed by atoms with E-state index in [1.807, 2.05) is 61.5 Å². The van der Waals surface area contributed by atoms with Crippen LogP contribution in [-0.4, -0.2) is 16.0 Å². The fourth-order valence-electron chi connectivity index (χ4n) is 3.65. The summed E-state index contributed by atoms with van der Waals surface area (Å²) in [7, 11) is 0. The van der Waals surface area contributed by atoms with Crippen LogP contribution >= 0.6 is 12.6 Å². The number of oxazole rings is 1. The maximum Gasteiger partial charge on any atom is 0.234 e. The second-order valence-corrected chi connectivity index (χ2v) is 8.16. The number of amides is 1. The first-order valence-corrected chi connectivity index (χ1v) is 11.1. The van der Waals surface area contributed by atoms with Crippen LogP contribution in [0.1, 0.15) is 31.2 Å². The summed E-state index contributed by atoms with van der Waals surface area (Å²) in [6, 6.07) is 20.4. The third-order valence-corrected chi connectivity index (χ3v) is 5.59. The third-order valence-electron chi connectivity index (χ3n) is 5.29. The number of anilines is 1. The van der Waals surface area contributed by atoms with Crippen molar-refractivity contribution in [2.24, 2.45) is 0 Å². The van der Waals surface area contributed by atoms with E-state index in [0.717, 1.165) is 22.1 Å². The normalized spacial score (nSPS) is 11.8. The molecule has 5 nitrogen and oxygen atoms in total. The highest BCUT2D eigenvalue weighted by Crippen LogP contribution is 2.36. The summed E-state index contributed by atoms with van der Waals surface area (Å²) >= 11 is 4.31.